The SMILES string of the molecule is Cc1ccc(C(=O)Nc2nnc(C(C)C)s2)cc1N. The van der Waals surface area contributed by atoms with Gasteiger partial charge >= 0.3 is 0 Å². The normalized spacial score (nSPS) is 10.7. The Labute approximate surface area is 115 Å². The van der Waals surface area contributed by atoms with Crippen molar-refractivity contribution in [2.45, 2.75) is 26.7 Å². The lowest BCUT2D eigenvalue weighted by atomic mass is 10.1. The summed E-state index contributed by atoms with van der Waals surface area (Å²) in [5, 5.41) is 12.1. The maximum absolute atomic E-state index is 12.0. The number of aromatic nitrogens is 2. The number of nitrogens with one attached hydrogen (secondary N) is 1. The zero-order chi connectivity index (χ0) is 14.0. The molecule has 0 unspecified atom stereocenters. The van der Waals surface area contributed by atoms with Crippen LogP contribution in [-0.2, 0) is 0 Å². The summed E-state index contributed by atoms with van der Waals surface area (Å²) in [7, 11) is 0. The van der Waals surface area contributed by atoms with Gasteiger partial charge in [-0.05, 0) is 24.6 Å². The average molecular weight is 276 g/mol. The van der Waals surface area contributed by atoms with Gasteiger partial charge in [0.1, 0.15) is 5.01 Å². The van der Waals surface area contributed by atoms with Gasteiger partial charge in [-0.25, -0.2) is 0 Å². The number of nitrogens with zero attached hydrogens (tertiary/aromatic N) is 2. The molecule has 19 heavy (non-hydrogen) atoms. The maximum atomic E-state index is 12.0. The second-order valence-corrected chi connectivity index (χ2v) is 5.63. The number of amides is 1. The van der Waals surface area contributed by atoms with Gasteiger partial charge in [-0.2, -0.15) is 0 Å². The number of nitrogens with two attached hydrogens (primary N) is 1. The van der Waals surface area contributed by atoms with Crippen LogP contribution in [0.15, 0.2) is 18.2 Å². The molecule has 2 aromatic rings. The van der Waals surface area contributed by atoms with Crippen molar-refractivity contribution in [2.24, 2.45) is 0 Å². The summed E-state index contributed by atoms with van der Waals surface area (Å²) in [6.07, 6.45) is 0. The molecule has 0 atom stereocenters. The van der Waals surface area contributed by atoms with Gasteiger partial charge in [0.2, 0.25) is 5.13 Å². The number of hydrogen-bond acceptors (Lipinski definition) is 5. The second kappa shape index (κ2) is 5.36. The van der Waals surface area contributed by atoms with Gasteiger partial charge in [0.15, 0.2) is 0 Å². The molecule has 0 bridgehead atoms. The van der Waals surface area contributed by atoms with E-state index in [-0.39, 0.29) is 5.91 Å². The van der Waals surface area contributed by atoms with Crippen LogP contribution in [0.25, 0.3) is 0 Å². The third kappa shape index (κ3) is 3.08. The zero-order valence-corrected chi connectivity index (χ0v) is 11.9. The van der Waals surface area contributed by atoms with Crippen molar-refractivity contribution < 1.29 is 4.79 Å². The quantitative estimate of drug-likeness (QED) is 0.845. The third-order valence-corrected chi connectivity index (χ3v) is 3.84. The topological polar surface area (TPSA) is 80.9 Å². The number of aryl methyl sites for hydroxylation is 1. The first-order valence-corrected chi connectivity index (χ1v) is 6.80. The van der Waals surface area contributed by atoms with E-state index in [9.17, 15) is 4.79 Å². The van der Waals surface area contributed by atoms with Gasteiger partial charge in [-0.1, -0.05) is 31.3 Å². The zero-order valence-electron chi connectivity index (χ0n) is 11.1. The number of hydrogen-bond donors (Lipinski definition) is 2. The van der Waals surface area contributed by atoms with Gasteiger partial charge < -0.3 is 5.73 Å². The fourth-order valence-electron chi connectivity index (χ4n) is 1.47. The van der Waals surface area contributed by atoms with Crippen LogP contribution in [0.5, 0.6) is 0 Å². The summed E-state index contributed by atoms with van der Waals surface area (Å²) in [6.45, 7) is 5.97. The average Bonchev–Trinajstić information content (AvgIpc) is 2.81. The molecule has 1 aromatic carbocycles. The van der Waals surface area contributed by atoms with E-state index in [0.29, 0.717) is 22.3 Å². The molecule has 0 fully saturated rings. The van der Waals surface area contributed by atoms with E-state index < -0.39 is 0 Å². The molecular formula is C13H16N4OS. The van der Waals surface area contributed by atoms with Crippen molar-refractivity contribution in [2.75, 3.05) is 11.1 Å². The van der Waals surface area contributed by atoms with Crippen LogP contribution in [0, 0.1) is 6.92 Å². The summed E-state index contributed by atoms with van der Waals surface area (Å²) >= 11 is 1.39. The Hall–Kier alpha value is -1.95. The number of carbonyl (C=O) groups excluding carboxylic acids is 1. The van der Waals surface area contributed by atoms with Crippen molar-refractivity contribution >= 4 is 28.1 Å². The minimum Gasteiger partial charge on any atom is -0.398 e. The van der Waals surface area contributed by atoms with E-state index in [1.54, 1.807) is 12.1 Å². The maximum Gasteiger partial charge on any atom is 0.257 e. The molecule has 0 saturated carbocycles. The second-order valence-electron chi connectivity index (χ2n) is 4.63. The Morgan fingerprint density at radius 2 is 2.11 bits per heavy atom. The molecule has 100 valence electrons. The first-order valence-electron chi connectivity index (χ1n) is 5.98. The summed E-state index contributed by atoms with van der Waals surface area (Å²) in [5.41, 5.74) is 7.87. The van der Waals surface area contributed by atoms with Gasteiger partial charge in [-0.3, -0.25) is 10.1 Å². The molecule has 0 spiro atoms. The third-order valence-electron chi connectivity index (χ3n) is 2.70. The number of nitrogen functional groups attached to an aromatic ring is 1. The lowest BCUT2D eigenvalue weighted by Crippen LogP contribution is -2.12. The summed E-state index contributed by atoms with van der Waals surface area (Å²) in [6, 6.07) is 5.23. The molecule has 6 heteroatoms. The van der Waals surface area contributed by atoms with Crippen LogP contribution >= 0.6 is 11.3 Å². The Morgan fingerprint density at radius 3 is 2.68 bits per heavy atom. The lowest BCUT2D eigenvalue weighted by molar-refractivity contribution is 0.102. The van der Waals surface area contributed by atoms with Gasteiger partial charge in [0.25, 0.3) is 5.91 Å². The number of anilines is 2. The Balaban J connectivity index is 2.13. The number of benzene rings is 1. The highest BCUT2D eigenvalue weighted by Crippen LogP contribution is 2.23. The molecule has 1 amide bonds. The highest BCUT2D eigenvalue weighted by Gasteiger charge is 2.12. The van der Waals surface area contributed by atoms with E-state index in [1.165, 1.54) is 11.3 Å². The van der Waals surface area contributed by atoms with Crippen LogP contribution < -0.4 is 11.1 Å². The fraction of sp³-hybridized carbons (Fsp3) is 0.308. The molecule has 3 N–H and O–H groups in total. The predicted molar refractivity (Wildman–Crippen MR) is 77.5 cm³/mol. The standard InChI is InChI=1S/C13H16N4OS/c1-7(2)12-16-17-13(19-12)15-11(18)9-5-4-8(3)10(14)6-9/h4-7H,14H2,1-3H3,(H,15,17,18). The molecule has 0 aliphatic carbocycles. The number of rotatable bonds is 3. The first kappa shape index (κ1) is 13.5. The summed E-state index contributed by atoms with van der Waals surface area (Å²) in [5.74, 6) is 0.0799. The smallest absolute Gasteiger partial charge is 0.257 e. The Kier molecular flexibility index (Phi) is 3.80. The number of carbonyl (C=O) groups is 1. The van der Waals surface area contributed by atoms with Gasteiger partial charge in [0.05, 0.1) is 0 Å². The van der Waals surface area contributed by atoms with Crippen LogP contribution in [0.1, 0.15) is 40.7 Å². The summed E-state index contributed by atoms with van der Waals surface area (Å²) < 4.78 is 0. The largest absolute Gasteiger partial charge is 0.398 e. The van der Waals surface area contributed by atoms with Crippen LogP contribution in [0.2, 0.25) is 0 Å². The molecular weight excluding hydrogens is 260 g/mol. The van der Waals surface area contributed by atoms with E-state index >= 15 is 0 Å². The van der Waals surface area contributed by atoms with Crippen molar-refractivity contribution in [3.8, 4) is 0 Å². The minimum absolute atomic E-state index is 0.224. The molecule has 0 aliphatic heterocycles. The lowest BCUT2D eigenvalue weighted by Gasteiger charge is -2.04. The molecule has 5 nitrogen and oxygen atoms in total. The van der Waals surface area contributed by atoms with Crippen LogP contribution in [-0.4, -0.2) is 16.1 Å². The fourth-order valence-corrected chi connectivity index (χ4v) is 2.21. The first-order chi connectivity index (χ1) is 8.97. The molecule has 2 rings (SSSR count). The van der Waals surface area contributed by atoms with E-state index in [0.717, 1.165) is 10.6 Å². The molecule has 1 aromatic heterocycles. The van der Waals surface area contributed by atoms with Crippen molar-refractivity contribution in [1.82, 2.24) is 10.2 Å². The van der Waals surface area contributed by atoms with E-state index in [4.69, 9.17) is 5.73 Å². The molecule has 0 radical (unpaired) electrons. The Bertz CT molecular complexity index is 606. The highest BCUT2D eigenvalue weighted by molar-refractivity contribution is 7.15. The van der Waals surface area contributed by atoms with Crippen LogP contribution in [0.3, 0.4) is 0 Å². The predicted octanol–water partition coefficient (Wildman–Crippen LogP) is 2.80. The highest BCUT2D eigenvalue weighted by atomic mass is 32.1. The molecule has 0 aliphatic rings. The van der Waals surface area contributed by atoms with E-state index in [1.807, 2.05) is 26.8 Å². The molecule has 0 saturated heterocycles. The minimum atomic E-state index is -0.224. The van der Waals surface area contributed by atoms with Crippen molar-refractivity contribution in [1.29, 1.82) is 0 Å². The monoisotopic (exact) mass is 276 g/mol. The summed E-state index contributed by atoms with van der Waals surface area (Å²) in [4.78, 5) is 12.0. The van der Waals surface area contributed by atoms with Gasteiger partial charge in [-0.15, -0.1) is 10.2 Å². The van der Waals surface area contributed by atoms with Crippen molar-refractivity contribution in [3.63, 3.8) is 0 Å². The van der Waals surface area contributed by atoms with Crippen molar-refractivity contribution in [3.05, 3.63) is 34.3 Å². The Morgan fingerprint density at radius 1 is 1.37 bits per heavy atom. The van der Waals surface area contributed by atoms with Crippen LogP contribution in [0.4, 0.5) is 10.8 Å². The van der Waals surface area contributed by atoms with Gasteiger partial charge in [0, 0.05) is 17.2 Å². The van der Waals surface area contributed by atoms with E-state index in [2.05, 4.69) is 15.5 Å². The molecule has 1 heterocycles.